The van der Waals surface area contributed by atoms with Crippen molar-refractivity contribution >= 4 is 11.7 Å². The zero-order valence-corrected chi connectivity index (χ0v) is 11.7. The van der Waals surface area contributed by atoms with Gasteiger partial charge < -0.3 is 20.1 Å². The predicted molar refractivity (Wildman–Crippen MR) is 75.1 cm³/mol. The topological polar surface area (TPSA) is 61.8 Å². The fraction of sp³-hybridized carbons (Fsp3) is 0.500. The van der Waals surface area contributed by atoms with Crippen LogP contribution in [0.2, 0.25) is 0 Å². The van der Waals surface area contributed by atoms with Crippen molar-refractivity contribution in [1.82, 2.24) is 4.90 Å². The molecule has 1 aromatic rings. The summed E-state index contributed by atoms with van der Waals surface area (Å²) in [5.74, 6) is 0. The number of likely N-dealkylation sites (N-methyl/N-ethyl adjacent to an activating group) is 1. The zero-order chi connectivity index (χ0) is 14.3. The molecule has 1 rings (SSSR count). The van der Waals surface area contributed by atoms with Crippen LogP contribution in [0.15, 0.2) is 24.3 Å². The van der Waals surface area contributed by atoms with E-state index >= 15 is 0 Å². The molecule has 19 heavy (non-hydrogen) atoms. The molecular formula is C14H22N2O3. The van der Waals surface area contributed by atoms with E-state index in [0.717, 1.165) is 11.3 Å². The molecule has 0 heterocycles. The molecule has 0 aromatic heterocycles. The van der Waals surface area contributed by atoms with Crippen LogP contribution >= 0.6 is 0 Å². The second-order valence-corrected chi connectivity index (χ2v) is 4.37. The van der Waals surface area contributed by atoms with Gasteiger partial charge in [0.1, 0.15) is 0 Å². The Hall–Kier alpha value is -1.59. The largest absolute Gasteiger partial charge is 0.394 e. The van der Waals surface area contributed by atoms with Gasteiger partial charge in [-0.25, -0.2) is 4.79 Å². The minimum Gasteiger partial charge on any atom is -0.394 e. The van der Waals surface area contributed by atoms with Gasteiger partial charge in [0.05, 0.1) is 19.3 Å². The van der Waals surface area contributed by atoms with E-state index in [1.54, 1.807) is 14.0 Å². The summed E-state index contributed by atoms with van der Waals surface area (Å²) in [6, 6.07) is 7.05. The predicted octanol–water partition coefficient (Wildman–Crippen LogP) is 2.07. The lowest BCUT2D eigenvalue weighted by molar-refractivity contribution is 0.134. The molecule has 1 aromatic carbocycles. The van der Waals surface area contributed by atoms with Crippen LogP contribution < -0.4 is 5.32 Å². The van der Waals surface area contributed by atoms with E-state index in [1.807, 2.05) is 31.2 Å². The molecule has 5 heteroatoms. The van der Waals surface area contributed by atoms with Crippen molar-refractivity contribution in [3.63, 3.8) is 0 Å². The monoisotopic (exact) mass is 266 g/mol. The van der Waals surface area contributed by atoms with Gasteiger partial charge in [-0.2, -0.15) is 0 Å². The van der Waals surface area contributed by atoms with E-state index in [1.165, 1.54) is 4.90 Å². The first-order valence-corrected chi connectivity index (χ1v) is 6.40. The number of urea groups is 1. The second-order valence-electron chi connectivity index (χ2n) is 4.37. The van der Waals surface area contributed by atoms with Gasteiger partial charge in [-0.15, -0.1) is 0 Å². The van der Waals surface area contributed by atoms with Crippen molar-refractivity contribution in [2.75, 3.05) is 25.6 Å². The van der Waals surface area contributed by atoms with Gasteiger partial charge in [0, 0.05) is 24.9 Å². The highest BCUT2D eigenvalue weighted by atomic mass is 16.5. The molecule has 0 aliphatic carbocycles. The number of hydrogen-bond donors (Lipinski definition) is 2. The maximum absolute atomic E-state index is 12.0. The molecule has 0 bridgehead atoms. The van der Waals surface area contributed by atoms with Crippen molar-refractivity contribution in [2.45, 2.75) is 26.5 Å². The molecule has 0 aliphatic heterocycles. The molecule has 5 nitrogen and oxygen atoms in total. The number of hydrogen-bond acceptors (Lipinski definition) is 3. The lowest BCUT2D eigenvalue weighted by atomic mass is 10.2. The highest BCUT2D eigenvalue weighted by Crippen LogP contribution is 2.16. The Balaban J connectivity index is 2.73. The SMILES string of the molecule is CCOCc1ccccc1NC(=O)N(C)C(C)CO. The summed E-state index contributed by atoms with van der Waals surface area (Å²) >= 11 is 0. The number of aliphatic hydroxyl groups excluding tert-OH is 1. The highest BCUT2D eigenvalue weighted by Gasteiger charge is 2.15. The summed E-state index contributed by atoms with van der Waals surface area (Å²) in [6.45, 7) is 4.74. The molecular weight excluding hydrogens is 244 g/mol. The smallest absolute Gasteiger partial charge is 0.321 e. The van der Waals surface area contributed by atoms with Crippen LogP contribution in [0, 0.1) is 0 Å². The molecule has 106 valence electrons. The maximum atomic E-state index is 12.0. The van der Waals surface area contributed by atoms with Gasteiger partial charge >= 0.3 is 6.03 Å². The summed E-state index contributed by atoms with van der Waals surface area (Å²) in [4.78, 5) is 13.5. The summed E-state index contributed by atoms with van der Waals surface area (Å²) in [6.07, 6.45) is 0. The fourth-order valence-corrected chi connectivity index (χ4v) is 1.51. The minimum absolute atomic E-state index is 0.0650. The van der Waals surface area contributed by atoms with Crippen LogP contribution in [0.25, 0.3) is 0 Å². The third-order valence-corrected chi connectivity index (χ3v) is 2.97. The lowest BCUT2D eigenvalue weighted by Crippen LogP contribution is -2.40. The number of aliphatic hydroxyl groups is 1. The normalized spacial score (nSPS) is 12.0. The van der Waals surface area contributed by atoms with Crippen LogP contribution in [-0.2, 0) is 11.3 Å². The van der Waals surface area contributed by atoms with Crippen molar-refractivity contribution in [3.05, 3.63) is 29.8 Å². The fourth-order valence-electron chi connectivity index (χ4n) is 1.51. The quantitative estimate of drug-likeness (QED) is 0.828. The molecule has 0 saturated heterocycles. The van der Waals surface area contributed by atoms with E-state index in [2.05, 4.69) is 5.32 Å². The Kier molecular flexibility index (Phi) is 6.32. The molecule has 2 amide bonds. The number of benzene rings is 1. The first-order valence-electron chi connectivity index (χ1n) is 6.40. The molecule has 0 aliphatic rings. The van der Waals surface area contributed by atoms with Crippen molar-refractivity contribution in [3.8, 4) is 0 Å². The third-order valence-electron chi connectivity index (χ3n) is 2.97. The molecule has 1 atom stereocenters. The van der Waals surface area contributed by atoms with Gasteiger partial charge in [-0.3, -0.25) is 0 Å². The summed E-state index contributed by atoms with van der Waals surface area (Å²) in [7, 11) is 1.65. The summed E-state index contributed by atoms with van der Waals surface area (Å²) in [5.41, 5.74) is 1.67. The number of ether oxygens (including phenoxy) is 1. The Morgan fingerprint density at radius 3 is 2.79 bits per heavy atom. The van der Waals surface area contributed by atoms with Crippen molar-refractivity contribution in [1.29, 1.82) is 0 Å². The number of para-hydroxylation sites is 1. The number of nitrogens with one attached hydrogen (secondary N) is 1. The first kappa shape index (κ1) is 15.5. The number of carbonyl (C=O) groups is 1. The number of nitrogens with zero attached hydrogens (tertiary/aromatic N) is 1. The van der Waals surface area contributed by atoms with Crippen LogP contribution in [0.3, 0.4) is 0 Å². The Labute approximate surface area is 114 Å². The van der Waals surface area contributed by atoms with E-state index in [0.29, 0.717) is 13.2 Å². The van der Waals surface area contributed by atoms with Gasteiger partial charge in [0.25, 0.3) is 0 Å². The first-order chi connectivity index (χ1) is 9.10. The molecule has 2 N–H and O–H groups in total. The van der Waals surface area contributed by atoms with Crippen LogP contribution in [0.5, 0.6) is 0 Å². The molecule has 0 fully saturated rings. The van der Waals surface area contributed by atoms with E-state index in [-0.39, 0.29) is 18.7 Å². The number of anilines is 1. The van der Waals surface area contributed by atoms with Gasteiger partial charge in [0.2, 0.25) is 0 Å². The summed E-state index contributed by atoms with van der Waals surface area (Å²) < 4.78 is 5.37. The summed E-state index contributed by atoms with van der Waals surface area (Å²) in [5, 5.41) is 11.9. The maximum Gasteiger partial charge on any atom is 0.321 e. The van der Waals surface area contributed by atoms with Crippen molar-refractivity contribution in [2.24, 2.45) is 0 Å². The average Bonchev–Trinajstić information content (AvgIpc) is 2.44. The average molecular weight is 266 g/mol. The van der Waals surface area contributed by atoms with E-state index in [4.69, 9.17) is 9.84 Å². The standard InChI is InChI=1S/C14H22N2O3/c1-4-19-10-12-7-5-6-8-13(12)15-14(18)16(3)11(2)9-17/h5-8,11,17H,4,9-10H2,1-3H3,(H,15,18). The van der Waals surface area contributed by atoms with E-state index < -0.39 is 0 Å². The molecule has 1 unspecified atom stereocenters. The lowest BCUT2D eigenvalue weighted by Gasteiger charge is -2.24. The Morgan fingerprint density at radius 1 is 1.47 bits per heavy atom. The van der Waals surface area contributed by atoms with E-state index in [9.17, 15) is 4.79 Å². The molecule has 0 radical (unpaired) electrons. The molecule has 0 saturated carbocycles. The molecule has 0 spiro atoms. The van der Waals surface area contributed by atoms with Crippen LogP contribution in [0.1, 0.15) is 19.4 Å². The highest BCUT2D eigenvalue weighted by molar-refractivity contribution is 5.90. The van der Waals surface area contributed by atoms with Gasteiger partial charge in [-0.05, 0) is 19.9 Å². The third kappa shape index (κ3) is 4.54. The Morgan fingerprint density at radius 2 is 2.16 bits per heavy atom. The zero-order valence-electron chi connectivity index (χ0n) is 11.7. The Bertz CT molecular complexity index is 409. The number of rotatable bonds is 6. The second kappa shape index (κ2) is 7.76. The van der Waals surface area contributed by atoms with Gasteiger partial charge in [0.15, 0.2) is 0 Å². The van der Waals surface area contributed by atoms with Gasteiger partial charge in [-0.1, -0.05) is 18.2 Å². The van der Waals surface area contributed by atoms with Crippen LogP contribution in [0.4, 0.5) is 10.5 Å². The number of amides is 2. The van der Waals surface area contributed by atoms with Crippen molar-refractivity contribution < 1.29 is 14.6 Å². The minimum atomic E-state index is -0.245. The van der Waals surface area contributed by atoms with Crippen LogP contribution in [-0.4, -0.2) is 42.3 Å². The number of carbonyl (C=O) groups excluding carboxylic acids is 1.